The van der Waals surface area contributed by atoms with Crippen LogP contribution >= 0.6 is 0 Å². The van der Waals surface area contributed by atoms with Crippen LogP contribution in [0.15, 0.2) is 30.5 Å². The summed E-state index contributed by atoms with van der Waals surface area (Å²) < 4.78 is 5.66. The molecular weight excluding hydrogens is 316 g/mol. The largest absolute Gasteiger partial charge is 0.372 e. The van der Waals surface area contributed by atoms with Crippen molar-refractivity contribution < 1.29 is 9.53 Å². The number of aromatic amines is 1. The molecule has 4 rings (SSSR count). The van der Waals surface area contributed by atoms with E-state index in [2.05, 4.69) is 15.3 Å². The highest BCUT2D eigenvalue weighted by Gasteiger charge is 2.21. The number of ether oxygens (including phenoxy) is 1. The summed E-state index contributed by atoms with van der Waals surface area (Å²) in [6.07, 6.45) is 2.50. The Morgan fingerprint density at radius 1 is 1.28 bits per heavy atom. The predicted molar refractivity (Wildman–Crippen MR) is 95.4 cm³/mol. The Morgan fingerprint density at radius 2 is 2.16 bits per heavy atom. The van der Waals surface area contributed by atoms with Gasteiger partial charge in [0.05, 0.1) is 28.4 Å². The molecule has 0 fully saturated rings. The lowest BCUT2D eigenvalue weighted by Gasteiger charge is -2.12. The number of aromatic nitrogens is 3. The van der Waals surface area contributed by atoms with Crippen LogP contribution in [0.2, 0.25) is 0 Å². The summed E-state index contributed by atoms with van der Waals surface area (Å²) in [5.41, 5.74) is 6.03. The van der Waals surface area contributed by atoms with Gasteiger partial charge in [-0.1, -0.05) is 0 Å². The van der Waals surface area contributed by atoms with Crippen molar-refractivity contribution in [3.05, 3.63) is 47.4 Å². The molecule has 1 aliphatic rings. The second-order valence-electron chi connectivity index (χ2n) is 6.14. The molecule has 6 heteroatoms. The Balaban J connectivity index is 1.84. The average Bonchev–Trinajstić information content (AvgIpc) is 3.06. The number of fused-ring (bicyclic) bond motifs is 2. The van der Waals surface area contributed by atoms with Gasteiger partial charge in [0.15, 0.2) is 0 Å². The molecule has 0 spiro atoms. The van der Waals surface area contributed by atoms with Crippen molar-refractivity contribution in [3.8, 4) is 11.3 Å². The van der Waals surface area contributed by atoms with Gasteiger partial charge in [0, 0.05) is 42.7 Å². The van der Waals surface area contributed by atoms with Gasteiger partial charge >= 0.3 is 0 Å². The van der Waals surface area contributed by atoms with E-state index in [1.165, 1.54) is 0 Å². The number of carbonyl (C=O) groups is 1. The second-order valence-corrected chi connectivity index (χ2v) is 6.14. The lowest BCUT2D eigenvalue weighted by atomic mass is 10.1. The first-order chi connectivity index (χ1) is 12.2. The minimum absolute atomic E-state index is 0.0271. The van der Waals surface area contributed by atoms with Crippen molar-refractivity contribution in [3.63, 3.8) is 0 Å². The number of rotatable bonds is 4. The van der Waals surface area contributed by atoms with Gasteiger partial charge in [-0.25, -0.2) is 4.98 Å². The Bertz CT molecular complexity index is 948. The summed E-state index contributed by atoms with van der Waals surface area (Å²) in [5.74, 6) is -0.0271. The number of nitrogens with zero attached hydrogens (tertiary/aromatic N) is 2. The van der Waals surface area contributed by atoms with Gasteiger partial charge in [-0.05, 0) is 38.1 Å². The summed E-state index contributed by atoms with van der Waals surface area (Å²) >= 11 is 0. The fourth-order valence-corrected chi connectivity index (χ4v) is 3.26. The molecule has 3 aromatic rings. The molecule has 3 aromatic heterocycles. The van der Waals surface area contributed by atoms with E-state index < -0.39 is 0 Å². The Morgan fingerprint density at radius 3 is 2.96 bits per heavy atom. The zero-order valence-electron chi connectivity index (χ0n) is 14.3. The fraction of sp³-hybridized carbons (Fsp3) is 0.316. The lowest BCUT2D eigenvalue weighted by molar-refractivity contribution is 0.0736. The predicted octanol–water partition coefficient (Wildman–Crippen LogP) is 3.01. The SMILES string of the molecule is CCOC(C)c1ccc2nccc(-c3cc4c([nH]3)CCNC4=O)c2n1. The maximum Gasteiger partial charge on any atom is 0.253 e. The van der Waals surface area contributed by atoms with E-state index in [9.17, 15) is 4.79 Å². The highest BCUT2D eigenvalue weighted by Crippen LogP contribution is 2.29. The van der Waals surface area contributed by atoms with E-state index in [0.29, 0.717) is 18.7 Å². The first-order valence-electron chi connectivity index (χ1n) is 8.55. The van der Waals surface area contributed by atoms with E-state index in [1.54, 1.807) is 6.20 Å². The Labute approximate surface area is 145 Å². The van der Waals surface area contributed by atoms with E-state index in [0.717, 1.165) is 40.1 Å². The minimum atomic E-state index is -0.0786. The first kappa shape index (κ1) is 15.8. The van der Waals surface area contributed by atoms with Crippen LogP contribution < -0.4 is 5.32 Å². The molecule has 1 amide bonds. The summed E-state index contributed by atoms with van der Waals surface area (Å²) in [7, 11) is 0. The average molecular weight is 336 g/mol. The summed E-state index contributed by atoms with van der Waals surface area (Å²) in [5, 5.41) is 2.87. The maximum absolute atomic E-state index is 12.0. The van der Waals surface area contributed by atoms with E-state index in [1.807, 2.05) is 38.1 Å². The summed E-state index contributed by atoms with van der Waals surface area (Å²) in [6, 6.07) is 7.75. The van der Waals surface area contributed by atoms with Crippen molar-refractivity contribution in [2.75, 3.05) is 13.2 Å². The second kappa shape index (κ2) is 6.29. The van der Waals surface area contributed by atoms with Crippen LogP contribution in [0.5, 0.6) is 0 Å². The molecule has 0 aliphatic carbocycles. The highest BCUT2D eigenvalue weighted by atomic mass is 16.5. The molecule has 1 atom stereocenters. The lowest BCUT2D eigenvalue weighted by Crippen LogP contribution is -2.31. The normalized spacial score (nSPS) is 15.0. The number of nitrogens with one attached hydrogen (secondary N) is 2. The third kappa shape index (κ3) is 2.78. The molecule has 6 nitrogen and oxygen atoms in total. The van der Waals surface area contributed by atoms with Crippen LogP contribution in [0.3, 0.4) is 0 Å². The third-order valence-electron chi connectivity index (χ3n) is 4.53. The standard InChI is InChI=1S/C19H20N4O2/c1-3-25-11(2)14-4-5-16-18(23-14)12(6-8-20-16)17-10-13-15(22-17)7-9-21-19(13)24/h4-6,8,10-11,22H,3,7,9H2,1-2H3,(H,21,24). The summed E-state index contributed by atoms with van der Waals surface area (Å²) in [4.78, 5) is 24.6. The molecule has 0 saturated carbocycles. The molecule has 0 radical (unpaired) electrons. The molecule has 0 bridgehead atoms. The van der Waals surface area contributed by atoms with Crippen LogP contribution in [-0.2, 0) is 11.2 Å². The van der Waals surface area contributed by atoms with Gasteiger partial charge in [-0.2, -0.15) is 0 Å². The Kier molecular flexibility index (Phi) is 3.97. The van der Waals surface area contributed by atoms with Crippen molar-refractivity contribution in [1.82, 2.24) is 20.3 Å². The van der Waals surface area contributed by atoms with Gasteiger partial charge in [-0.15, -0.1) is 0 Å². The van der Waals surface area contributed by atoms with Crippen LogP contribution in [0, 0.1) is 0 Å². The first-order valence-corrected chi connectivity index (χ1v) is 8.55. The number of amides is 1. The van der Waals surface area contributed by atoms with Gasteiger partial charge in [-0.3, -0.25) is 9.78 Å². The van der Waals surface area contributed by atoms with Crippen LogP contribution in [0.1, 0.15) is 41.7 Å². The topological polar surface area (TPSA) is 79.9 Å². The zero-order valence-corrected chi connectivity index (χ0v) is 14.3. The Hall–Kier alpha value is -2.73. The molecule has 1 unspecified atom stereocenters. The number of pyridine rings is 2. The van der Waals surface area contributed by atoms with Crippen molar-refractivity contribution in [1.29, 1.82) is 0 Å². The molecule has 4 heterocycles. The quantitative estimate of drug-likeness (QED) is 0.767. The van der Waals surface area contributed by atoms with Crippen LogP contribution in [0.25, 0.3) is 22.3 Å². The number of hydrogen-bond donors (Lipinski definition) is 2. The van der Waals surface area contributed by atoms with Crippen molar-refractivity contribution >= 4 is 16.9 Å². The van der Waals surface area contributed by atoms with E-state index in [-0.39, 0.29) is 12.0 Å². The monoisotopic (exact) mass is 336 g/mol. The molecule has 0 aromatic carbocycles. The number of hydrogen-bond acceptors (Lipinski definition) is 4. The summed E-state index contributed by atoms with van der Waals surface area (Å²) in [6.45, 7) is 5.26. The van der Waals surface area contributed by atoms with Crippen molar-refractivity contribution in [2.45, 2.75) is 26.4 Å². The minimum Gasteiger partial charge on any atom is -0.372 e. The molecular formula is C19H20N4O2. The van der Waals surface area contributed by atoms with Gasteiger partial charge in [0.1, 0.15) is 0 Å². The molecule has 2 N–H and O–H groups in total. The van der Waals surface area contributed by atoms with Gasteiger partial charge in [0.2, 0.25) is 0 Å². The molecule has 128 valence electrons. The van der Waals surface area contributed by atoms with Crippen molar-refractivity contribution in [2.24, 2.45) is 0 Å². The number of H-pyrrole nitrogens is 1. The zero-order chi connectivity index (χ0) is 17.4. The van der Waals surface area contributed by atoms with Crippen LogP contribution in [0.4, 0.5) is 0 Å². The van der Waals surface area contributed by atoms with Gasteiger partial charge < -0.3 is 15.0 Å². The molecule has 1 aliphatic heterocycles. The third-order valence-corrected chi connectivity index (χ3v) is 4.53. The highest BCUT2D eigenvalue weighted by molar-refractivity contribution is 5.99. The maximum atomic E-state index is 12.0. The fourth-order valence-electron chi connectivity index (χ4n) is 3.26. The smallest absolute Gasteiger partial charge is 0.253 e. The number of carbonyl (C=O) groups excluding carboxylic acids is 1. The van der Waals surface area contributed by atoms with E-state index in [4.69, 9.17) is 9.72 Å². The van der Waals surface area contributed by atoms with Crippen LogP contribution in [-0.4, -0.2) is 34.0 Å². The van der Waals surface area contributed by atoms with Gasteiger partial charge in [0.25, 0.3) is 5.91 Å². The molecule has 0 saturated heterocycles. The molecule has 25 heavy (non-hydrogen) atoms. The van der Waals surface area contributed by atoms with E-state index >= 15 is 0 Å².